The number of carbonyl (C=O) groups is 1. The monoisotopic (exact) mass is 244 g/mol. The van der Waals surface area contributed by atoms with Crippen LogP contribution in [-0.2, 0) is 13.0 Å². The minimum atomic E-state index is -0.934. The van der Waals surface area contributed by atoms with Crippen LogP contribution in [0.15, 0.2) is 4.73 Å². The normalized spacial score (nSPS) is 15.5. The van der Waals surface area contributed by atoms with Gasteiger partial charge < -0.3 is 9.67 Å². The highest BCUT2D eigenvalue weighted by molar-refractivity contribution is 9.10. The molecule has 1 N–H and O–H groups in total. The van der Waals surface area contributed by atoms with Crippen molar-refractivity contribution in [3.05, 3.63) is 16.1 Å². The summed E-state index contributed by atoms with van der Waals surface area (Å²) in [6.07, 6.45) is 2.97. The van der Waals surface area contributed by atoms with E-state index in [1.807, 2.05) is 4.57 Å². The minimum absolute atomic E-state index is 0.201. The molecular formula is C8H9BrN2O2. The summed E-state index contributed by atoms with van der Waals surface area (Å²) < 4.78 is 2.58. The molecule has 0 bridgehead atoms. The van der Waals surface area contributed by atoms with Gasteiger partial charge in [-0.2, -0.15) is 0 Å². The van der Waals surface area contributed by atoms with Gasteiger partial charge in [0.1, 0.15) is 0 Å². The lowest BCUT2D eigenvalue weighted by Crippen LogP contribution is -2.12. The van der Waals surface area contributed by atoms with E-state index < -0.39 is 5.97 Å². The van der Waals surface area contributed by atoms with Crippen LogP contribution in [0.5, 0.6) is 0 Å². The van der Waals surface area contributed by atoms with E-state index in [4.69, 9.17) is 5.11 Å². The first kappa shape index (κ1) is 8.74. The highest BCUT2D eigenvalue weighted by atomic mass is 79.9. The van der Waals surface area contributed by atoms with Crippen molar-refractivity contribution in [1.82, 2.24) is 9.55 Å². The molecule has 4 nitrogen and oxygen atoms in total. The van der Waals surface area contributed by atoms with Crippen LogP contribution in [0.2, 0.25) is 0 Å². The Morgan fingerprint density at radius 2 is 2.31 bits per heavy atom. The smallest absolute Gasteiger partial charge is 0.356 e. The molecule has 0 fully saturated rings. The molecule has 0 amide bonds. The molecule has 0 saturated carbocycles. The van der Waals surface area contributed by atoms with Gasteiger partial charge in [0.05, 0.1) is 5.69 Å². The van der Waals surface area contributed by atoms with Crippen molar-refractivity contribution < 1.29 is 9.90 Å². The van der Waals surface area contributed by atoms with Gasteiger partial charge in [-0.05, 0) is 35.2 Å². The summed E-state index contributed by atoms with van der Waals surface area (Å²) in [7, 11) is 0. The first-order chi connectivity index (χ1) is 6.20. The Morgan fingerprint density at radius 3 is 3.00 bits per heavy atom. The van der Waals surface area contributed by atoms with Crippen LogP contribution in [0.1, 0.15) is 29.0 Å². The largest absolute Gasteiger partial charge is 0.476 e. The quantitative estimate of drug-likeness (QED) is 0.818. The van der Waals surface area contributed by atoms with Crippen molar-refractivity contribution in [3.63, 3.8) is 0 Å². The summed E-state index contributed by atoms with van der Waals surface area (Å²) in [6, 6.07) is 0. The maximum Gasteiger partial charge on any atom is 0.356 e. The molecule has 0 radical (unpaired) electrons. The molecule has 1 aliphatic heterocycles. The Bertz CT molecular complexity index is 359. The zero-order chi connectivity index (χ0) is 9.42. The third-order valence-corrected chi connectivity index (χ3v) is 2.88. The number of rotatable bonds is 1. The van der Waals surface area contributed by atoms with Gasteiger partial charge in [0.25, 0.3) is 0 Å². The van der Waals surface area contributed by atoms with Crippen LogP contribution in [-0.4, -0.2) is 20.6 Å². The number of carboxylic acids is 1. The van der Waals surface area contributed by atoms with Crippen molar-refractivity contribution in [2.75, 3.05) is 0 Å². The summed E-state index contributed by atoms with van der Waals surface area (Å²) in [4.78, 5) is 14.8. The second kappa shape index (κ2) is 3.14. The molecule has 1 aliphatic rings. The molecule has 1 aromatic rings. The van der Waals surface area contributed by atoms with Crippen LogP contribution in [0.25, 0.3) is 0 Å². The Kier molecular flexibility index (Phi) is 2.11. The molecule has 2 rings (SSSR count). The maximum atomic E-state index is 10.8. The third kappa shape index (κ3) is 1.37. The van der Waals surface area contributed by atoms with E-state index in [1.165, 1.54) is 0 Å². The zero-order valence-corrected chi connectivity index (χ0v) is 8.54. The molecule has 0 saturated heterocycles. The number of carboxylic acid groups (broad SMARTS) is 1. The fourth-order valence-corrected chi connectivity index (χ4v) is 2.24. The number of aromatic carboxylic acids is 1. The molecule has 70 valence electrons. The minimum Gasteiger partial charge on any atom is -0.476 e. The average Bonchev–Trinajstić information content (AvgIpc) is 2.45. The number of imidazole rings is 1. The molecule has 2 heterocycles. The molecule has 1 aromatic heterocycles. The van der Waals surface area contributed by atoms with Crippen LogP contribution in [0, 0.1) is 0 Å². The topological polar surface area (TPSA) is 55.1 Å². The SMILES string of the molecule is O=C(O)c1nc(Br)n2c1CCCC2. The first-order valence-corrected chi connectivity index (χ1v) is 4.97. The predicted molar refractivity (Wildman–Crippen MR) is 49.8 cm³/mol. The molecule has 0 spiro atoms. The van der Waals surface area contributed by atoms with Crippen molar-refractivity contribution in [2.24, 2.45) is 0 Å². The van der Waals surface area contributed by atoms with Crippen molar-refractivity contribution >= 4 is 21.9 Å². The second-order valence-corrected chi connectivity index (χ2v) is 3.80. The van der Waals surface area contributed by atoms with E-state index in [0.29, 0.717) is 4.73 Å². The molecule has 5 heteroatoms. The van der Waals surface area contributed by atoms with Gasteiger partial charge in [-0.25, -0.2) is 9.78 Å². The van der Waals surface area contributed by atoms with E-state index in [9.17, 15) is 4.79 Å². The van der Waals surface area contributed by atoms with E-state index in [-0.39, 0.29) is 5.69 Å². The van der Waals surface area contributed by atoms with E-state index in [2.05, 4.69) is 20.9 Å². The summed E-state index contributed by atoms with van der Waals surface area (Å²) in [5, 5.41) is 8.86. The van der Waals surface area contributed by atoms with Crippen LogP contribution < -0.4 is 0 Å². The van der Waals surface area contributed by atoms with Gasteiger partial charge in [-0.3, -0.25) is 0 Å². The summed E-state index contributed by atoms with van der Waals surface area (Å²) in [6.45, 7) is 0.871. The summed E-state index contributed by atoms with van der Waals surface area (Å²) >= 11 is 3.26. The molecule has 0 aromatic carbocycles. The van der Waals surface area contributed by atoms with Crippen molar-refractivity contribution in [3.8, 4) is 0 Å². The zero-order valence-electron chi connectivity index (χ0n) is 6.96. The second-order valence-electron chi connectivity index (χ2n) is 3.09. The molecule has 0 atom stereocenters. The fourth-order valence-electron chi connectivity index (χ4n) is 1.67. The number of fused-ring (bicyclic) bond motifs is 1. The Labute approximate surface area is 83.7 Å². The molecular weight excluding hydrogens is 236 g/mol. The van der Waals surface area contributed by atoms with Gasteiger partial charge in [-0.1, -0.05) is 0 Å². The Balaban J connectivity index is 2.53. The van der Waals surface area contributed by atoms with E-state index in [1.54, 1.807) is 0 Å². The number of aromatic nitrogens is 2. The molecule has 13 heavy (non-hydrogen) atoms. The average molecular weight is 245 g/mol. The van der Waals surface area contributed by atoms with Gasteiger partial charge in [0.15, 0.2) is 10.4 Å². The number of hydrogen-bond donors (Lipinski definition) is 1. The fraction of sp³-hybridized carbons (Fsp3) is 0.500. The molecule has 0 unspecified atom stereocenters. The highest BCUT2D eigenvalue weighted by Crippen LogP contribution is 2.23. The number of nitrogens with zero attached hydrogens (tertiary/aromatic N) is 2. The van der Waals surface area contributed by atoms with Gasteiger partial charge in [0.2, 0.25) is 0 Å². The number of hydrogen-bond acceptors (Lipinski definition) is 2. The summed E-state index contributed by atoms with van der Waals surface area (Å²) in [5.41, 5.74) is 1.05. The lowest BCUT2D eigenvalue weighted by Gasteiger charge is -2.14. The standard InChI is InChI=1S/C8H9BrN2O2/c9-8-10-6(7(12)13)5-3-1-2-4-11(5)8/h1-4H2,(H,12,13). The van der Waals surface area contributed by atoms with Crippen LogP contribution >= 0.6 is 15.9 Å². The van der Waals surface area contributed by atoms with Gasteiger partial charge in [0, 0.05) is 6.54 Å². The van der Waals surface area contributed by atoms with E-state index in [0.717, 1.165) is 31.5 Å². The predicted octanol–water partition coefficient (Wildman–Crippen LogP) is 1.68. The van der Waals surface area contributed by atoms with E-state index >= 15 is 0 Å². The maximum absolute atomic E-state index is 10.8. The Morgan fingerprint density at radius 1 is 1.54 bits per heavy atom. The highest BCUT2D eigenvalue weighted by Gasteiger charge is 2.22. The third-order valence-electron chi connectivity index (χ3n) is 2.27. The lowest BCUT2D eigenvalue weighted by atomic mass is 10.1. The Hall–Kier alpha value is -0.840. The number of halogens is 1. The van der Waals surface area contributed by atoms with Gasteiger partial charge >= 0.3 is 5.97 Å². The van der Waals surface area contributed by atoms with Crippen LogP contribution in [0.4, 0.5) is 0 Å². The molecule has 0 aliphatic carbocycles. The lowest BCUT2D eigenvalue weighted by molar-refractivity contribution is 0.0689. The first-order valence-electron chi connectivity index (χ1n) is 4.18. The van der Waals surface area contributed by atoms with Crippen LogP contribution in [0.3, 0.4) is 0 Å². The van der Waals surface area contributed by atoms with Crippen molar-refractivity contribution in [2.45, 2.75) is 25.8 Å². The summed E-state index contributed by atoms with van der Waals surface area (Å²) in [5.74, 6) is -0.934. The van der Waals surface area contributed by atoms with Crippen molar-refractivity contribution in [1.29, 1.82) is 0 Å². The van der Waals surface area contributed by atoms with Gasteiger partial charge in [-0.15, -0.1) is 0 Å².